The van der Waals surface area contributed by atoms with Gasteiger partial charge in [0.15, 0.2) is 22.2 Å². The SMILES string of the molecule is CCC(NC)C(=O)O.Cc1ccc2c(c1)Oc1cc(C)ccc1C21OC(=O)c2ccccc21.Cc1ccc2c(c1)Oc1cc(C)ccc1C21OC(=O)c2ccccc21.Cc1ccc2c(c1)Oc1cc(C)ccc1C21OC(=O)c2ccccc21.Nc1ccc2c(-c3ccccc3C(=O)O)c3ccc(=[NH2+])cc-3oc2c1.[Cl-]. The van der Waals surface area contributed by atoms with Crippen molar-refractivity contribution < 1.29 is 84.8 Å². The molecule has 109 heavy (non-hydrogen) atoms. The van der Waals surface area contributed by atoms with Crippen LogP contribution in [0.15, 0.2) is 247 Å². The molecule has 0 fully saturated rings. The van der Waals surface area contributed by atoms with Gasteiger partial charge in [-0.2, -0.15) is 0 Å². The topological polar surface area (TPSA) is 258 Å². The average molecular weight is 1470 g/mol. The first-order chi connectivity index (χ1) is 52.0. The molecule has 0 radical (unpaired) electrons. The van der Waals surface area contributed by atoms with Crippen LogP contribution >= 0.6 is 0 Å². The van der Waals surface area contributed by atoms with Crippen LogP contribution in [0, 0.1) is 41.5 Å². The number of nitrogen functional groups attached to an aromatic ring is 1. The van der Waals surface area contributed by atoms with Crippen LogP contribution in [0.2, 0.25) is 0 Å². The van der Waals surface area contributed by atoms with Crippen molar-refractivity contribution in [1.82, 2.24) is 5.32 Å². The molecule has 0 aromatic heterocycles. The Kier molecular flexibility index (Phi) is 19.1. The van der Waals surface area contributed by atoms with Gasteiger partial charge < -0.3 is 66.5 Å². The minimum absolute atomic E-state index is 0. The summed E-state index contributed by atoms with van der Waals surface area (Å²) in [7, 11) is 1.64. The smallest absolute Gasteiger partial charge is 0.340 e. The highest BCUT2D eigenvalue weighted by atomic mass is 35.5. The second-order valence-corrected chi connectivity index (χ2v) is 27.6. The van der Waals surface area contributed by atoms with Crippen LogP contribution in [-0.2, 0) is 35.8 Å². The molecule has 11 aromatic rings. The number of carboxylic acids is 2. The number of likely N-dealkylation sites (N-methyl/N-ethyl adjacent to an activating group) is 1. The number of anilines is 1. The third kappa shape index (κ3) is 12.5. The number of hydrogen-bond acceptors (Lipinski definition) is 14. The number of benzene rings is 12. The first-order valence-electron chi connectivity index (χ1n) is 35.3. The zero-order valence-electron chi connectivity index (χ0n) is 60.7. The van der Waals surface area contributed by atoms with Crippen molar-refractivity contribution in [2.45, 2.75) is 77.7 Å². The van der Waals surface area contributed by atoms with Gasteiger partial charge in [-0.3, -0.25) is 10.2 Å². The number of carbonyl (C=O) groups excluding carboxylic acids is 3. The maximum Gasteiger partial charge on any atom is 0.340 e. The van der Waals surface area contributed by atoms with Crippen LogP contribution in [0.4, 0.5) is 5.69 Å². The number of nitrogens with one attached hydrogen (secondary N) is 1. The Morgan fingerprint density at radius 3 is 1.08 bits per heavy atom. The van der Waals surface area contributed by atoms with Crippen LogP contribution in [0.25, 0.3) is 33.4 Å². The lowest BCUT2D eigenvalue weighted by Gasteiger charge is -2.36. The molecular weight excluding hydrogens is 1390 g/mol. The molecule has 7 heterocycles. The fourth-order valence-electron chi connectivity index (χ4n) is 15.3. The minimum atomic E-state index is -0.983. The molecule has 1 atom stereocenters. The zero-order chi connectivity index (χ0) is 75.7. The minimum Gasteiger partial charge on any atom is -1.00 e. The lowest BCUT2D eigenvalue weighted by atomic mass is 9.77. The number of aliphatic carboxylic acids is 1. The molecule has 19 rings (SSSR count). The Bertz CT molecular complexity index is 5380. The van der Waals surface area contributed by atoms with E-state index in [4.69, 9.17) is 49.1 Å². The van der Waals surface area contributed by atoms with E-state index in [1.165, 1.54) is 0 Å². The third-order valence-electron chi connectivity index (χ3n) is 20.3. The Morgan fingerprint density at radius 2 is 0.761 bits per heavy atom. The molecule has 3 spiro atoms. The summed E-state index contributed by atoms with van der Waals surface area (Å²) in [5.41, 5.74) is 22.9. The molecule has 7 aliphatic heterocycles. The zero-order valence-corrected chi connectivity index (χ0v) is 61.5. The number of aryl methyl sites for hydroxylation is 6. The van der Waals surface area contributed by atoms with Gasteiger partial charge in [-0.05, 0) is 173 Å². The molecule has 17 nitrogen and oxygen atoms in total. The van der Waals surface area contributed by atoms with Gasteiger partial charge in [0.05, 0.1) is 28.3 Å². The lowest BCUT2D eigenvalue weighted by molar-refractivity contribution is -0.172. The van der Waals surface area contributed by atoms with E-state index in [-0.39, 0.29) is 41.9 Å². The predicted octanol–water partition coefficient (Wildman–Crippen LogP) is 13.8. The lowest BCUT2D eigenvalue weighted by Crippen LogP contribution is -3.00. The number of hydrogen-bond donors (Lipinski definition) is 5. The van der Waals surface area contributed by atoms with Crippen molar-refractivity contribution in [2.24, 2.45) is 0 Å². The Hall–Kier alpha value is -13.1. The average Bonchev–Trinajstić information content (AvgIpc) is 1.60. The van der Waals surface area contributed by atoms with Crippen LogP contribution in [-0.4, -0.2) is 53.1 Å². The second-order valence-electron chi connectivity index (χ2n) is 27.6. The van der Waals surface area contributed by atoms with Gasteiger partial charge in [-0.15, -0.1) is 0 Å². The number of esters is 3. The summed E-state index contributed by atoms with van der Waals surface area (Å²) in [5, 5.41) is 27.8. The number of halogens is 1. The fourth-order valence-corrected chi connectivity index (χ4v) is 15.3. The van der Waals surface area contributed by atoms with Gasteiger partial charge in [-0.25, -0.2) is 19.2 Å². The number of nitrogens with two attached hydrogens (primary N) is 2. The Balaban J connectivity index is 0.000000117. The van der Waals surface area contributed by atoms with E-state index in [1.807, 2.05) is 249 Å². The van der Waals surface area contributed by atoms with Gasteiger partial charge in [0.1, 0.15) is 51.9 Å². The van der Waals surface area contributed by atoms with Gasteiger partial charge >= 0.3 is 29.8 Å². The van der Waals surface area contributed by atoms with E-state index >= 15 is 0 Å². The van der Waals surface area contributed by atoms with E-state index in [1.54, 1.807) is 49.5 Å². The first kappa shape index (κ1) is 72.8. The number of carboxylic acid groups (broad SMARTS) is 2. The van der Waals surface area contributed by atoms with E-state index in [9.17, 15) is 29.1 Å². The Labute approximate surface area is 634 Å². The van der Waals surface area contributed by atoms with E-state index in [2.05, 4.69) is 5.32 Å². The molecular formula is C91H74ClN3O14. The van der Waals surface area contributed by atoms with Crippen molar-refractivity contribution >= 4 is 46.5 Å². The third-order valence-corrected chi connectivity index (χ3v) is 20.3. The normalized spacial score (nSPS) is 14.4. The maximum absolute atomic E-state index is 12.6. The number of rotatable bonds is 5. The van der Waals surface area contributed by atoms with E-state index in [0.717, 1.165) is 134 Å². The first-order valence-corrected chi connectivity index (χ1v) is 35.3. The highest BCUT2D eigenvalue weighted by Crippen LogP contribution is 2.60. The van der Waals surface area contributed by atoms with Crippen LogP contribution in [0.5, 0.6) is 34.5 Å². The number of ether oxygens (including phenoxy) is 6. The molecule has 11 aromatic carbocycles. The molecule has 1 unspecified atom stereocenters. The van der Waals surface area contributed by atoms with Crippen LogP contribution < -0.4 is 48.4 Å². The second kappa shape index (κ2) is 28.7. The summed E-state index contributed by atoms with van der Waals surface area (Å²) in [6.45, 7) is 14.0. The van der Waals surface area contributed by atoms with Crippen LogP contribution in [0.3, 0.4) is 0 Å². The quantitative estimate of drug-likeness (QED) is 0.0464. The van der Waals surface area contributed by atoms with Crippen molar-refractivity contribution in [2.75, 3.05) is 12.8 Å². The summed E-state index contributed by atoms with van der Waals surface area (Å²) >= 11 is 0. The molecule has 1 aliphatic carbocycles. The molecule has 8 aliphatic rings. The van der Waals surface area contributed by atoms with Gasteiger partial charge in [-0.1, -0.05) is 153 Å². The van der Waals surface area contributed by atoms with Gasteiger partial charge in [0, 0.05) is 84.4 Å². The van der Waals surface area contributed by atoms with Crippen molar-refractivity contribution in [3.8, 4) is 56.9 Å². The Morgan fingerprint density at radius 1 is 0.422 bits per heavy atom. The standard InChI is InChI=1S/3C22H16O3.C20H14N2O3.C5H11NO2.ClH/c3*1-13-7-9-17-19(11-13)24-20-12-14(2)8-10-18(20)22(17)16-6-4-3-5-15(16)21(23)25-22;21-11-5-7-15-17(9-11)25-18-10-12(22)6-8-16(18)19(15)13-3-1-2-4-14(13)20(23)24;1-3-4(6-2)5(7)8;/h3*3-12H,1-2H3;1-10,21H,22H2,(H,23,24);4,6H,3H2,1-2H3,(H,7,8);1H. The van der Waals surface area contributed by atoms with Crippen molar-refractivity contribution in [3.05, 3.63) is 354 Å². The van der Waals surface area contributed by atoms with Crippen molar-refractivity contribution in [1.29, 1.82) is 0 Å². The molecule has 7 N–H and O–H groups in total. The maximum atomic E-state index is 12.6. The summed E-state index contributed by atoms with van der Waals surface area (Å²) < 4.78 is 42.7. The summed E-state index contributed by atoms with van der Waals surface area (Å²) in [5.74, 6) is 2.36. The van der Waals surface area contributed by atoms with Gasteiger partial charge in [0.25, 0.3) is 0 Å². The van der Waals surface area contributed by atoms with E-state index < -0.39 is 28.7 Å². The molecule has 0 saturated heterocycles. The number of carbonyl (C=O) groups is 5. The predicted molar refractivity (Wildman–Crippen MR) is 408 cm³/mol. The van der Waals surface area contributed by atoms with Crippen molar-refractivity contribution in [3.63, 3.8) is 0 Å². The molecule has 18 heteroatoms. The fraction of sp³-hybridized carbons (Fsp3) is 0.143. The van der Waals surface area contributed by atoms with E-state index in [0.29, 0.717) is 51.1 Å². The molecule has 0 saturated carbocycles. The van der Waals surface area contributed by atoms with Crippen LogP contribution in [0.1, 0.15) is 138 Å². The highest BCUT2D eigenvalue weighted by Gasteiger charge is 2.56. The molecule has 0 amide bonds. The summed E-state index contributed by atoms with van der Waals surface area (Å²) in [6.07, 6.45) is 0.631. The molecule has 544 valence electrons. The highest BCUT2D eigenvalue weighted by molar-refractivity contribution is 6.08. The summed E-state index contributed by atoms with van der Waals surface area (Å²) in [6, 6.07) is 76.2. The largest absolute Gasteiger partial charge is 1.00 e. The monoisotopic (exact) mass is 1470 g/mol. The number of aromatic carboxylic acids is 1. The number of fused-ring (bicyclic) bond motifs is 20. The molecule has 0 bridgehead atoms. The van der Waals surface area contributed by atoms with Gasteiger partial charge in [0.2, 0.25) is 0 Å². The summed E-state index contributed by atoms with van der Waals surface area (Å²) in [4.78, 5) is 59.7.